The van der Waals surface area contributed by atoms with E-state index in [1.807, 2.05) is 25.1 Å². The molecule has 158 valence electrons. The van der Waals surface area contributed by atoms with Crippen LogP contribution in [0.2, 0.25) is 0 Å². The molecular formula is C22H25N3O3S2. The Kier molecular flexibility index (Phi) is 7.59. The van der Waals surface area contributed by atoms with Gasteiger partial charge in [-0.05, 0) is 43.9 Å². The summed E-state index contributed by atoms with van der Waals surface area (Å²) < 4.78 is 27.4. The molecule has 3 aromatic rings. The second kappa shape index (κ2) is 10.4. The minimum Gasteiger partial charge on any atom is -0.356 e. The molecule has 8 heteroatoms. The molecule has 3 rings (SSSR count). The Bertz CT molecular complexity index is 1060. The van der Waals surface area contributed by atoms with E-state index < -0.39 is 10.0 Å². The molecule has 0 atom stereocenters. The van der Waals surface area contributed by atoms with Gasteiger partial charge in [0.2, 0.25) is 5.91 Å². The van der Waals surface area contributed by atoms with Gasteiger partial charge in [-0.25, -0.2) is 13.4 Å². The number of hydrogen-bond acceptors (Lipinski definition) is 5. The molecule has 0 saturated heterocycles. The minimum atomic E-state index is -3.67. The fourth-order valence-electron chi connectivity index (χ4n) is 2.85. The summed E-state index contributed by atoms with van der Waals surface area (Å²) in [6, 6.07) is 16.8. The lowest BCUT2D eigenvalue weighted by atomic mass is 10.1. The van der Waals surface area contributed by atoms with E-state index in [-0.39, 0.29) is 10.8 Å². The van der Waals surface area contributed by atoms with E-state index in [0.717, 1.165) is 18.4 Å². The lowest BCUT2D eigenvalue weighted by Gasteiger charge is -2.05. The van der Waals surface area contributed by atoms with Crippen LogP contribution in [0.1, 0.15) is 29.7 Å². The highest BCUT2D eigenvalue weighted by Crippen LogP contribution is 2.21. The molecule has 6 nitrogen and oxygen atoms in total. The fraction of sp³-hybridized carbons (Fsp3) is 0.273. The van der Waals surface area contributed by atoms with Crippen molar-refractivity contribution in [3.63, 3.8) is 0 Å². The molecule has 0 aliphatic rings. The van der Waals surface area contributed by atoms with Crippen molar-refractivity contribution in [1.82, 2.24) is 10.3 Å². The van der Waals surface area contributed by atoms with Crippen molar-refractivity contribution in [2.24, 2.45) is 0 Å². The number of amides is 1. The summed E-state index contributed by atoms with van der Waals surface area (Å²) in [5, 5.41) is 4.99. The molecule has 0 aliphatic carbocycles. The van der Waals surface area contributed by atoms with E-state index in [9.17, 15) is 13.2 Å². The summed E-state index contributed by atoms with van der Waals surface area (Å²) >= 11 is 1.21. The number of sulfonamides is 1. The Morgan fingerprint density at radius 3 is 2.50 bits per heavy atom. The molecule has 1 amide bonds. The van der Waals surface area contributed by atoms with Crippen LogP contribution in [0.4, 0.5) is 5.13 Å². The highest BCUT2D eigenvalue weighted by molar-refractivity contribution is 7.93. The SMILES string of the molecule is Cc1ccc(S(=O)(=O)Nc2nc(CCC(=O)NCCCc3ccccc3)cs2)cc1. The largest absolute Gasteiger partial charge is 0.356 e. The van der Waals surface area contributed by atoms with Crippen molar-refractivity contribution >= 4 is 32.4 Å². The van der Waals surface area contributed by atoms with Gasteiger partial charge in [0.25, 0.3) is 10.0 Å². The van der Waals surface area contributed by atoms with Gasteiger partial charge < -0.3 is 5.32 Å². The van der Waals surface area contributed by atoms with E-state index in [4.69, 9.17) is 0 Å². The van der Waals surface area contributed by atoms with Crippen LogP contribution in [-0.2, 0) is 27.7 Å². The fourth-order valence-corrected chi connectivity index (χ4v) is 4.85. The highest BCUT2D eigenvalue weighted by Gasteiger charge is 2.16. The predicted octanol–water partition coefficient (Wildman–Crippen LogP) is 3.93. The van der Waals surface area contributed by atoms with Crippen molar-refractivity contribution in [3.05, 3.63) is 76.8 Å². The van der Waals surface area contributed by atoms with Gasteiger partial charge in [0.05, 0.1) is 10.6 Å². The first-order valence-electron chi connectivity index (χ1n) is 9.77. The lowest BCUT2D eigenvalue weighted by Crippen LogP contribution is -2.25. The number of carbonyl (C=O) groups is 1. The molecular weight excluding hydrogens is 418 g/mol. The number of rotatable bonds is 10. The number of benzene rings is 2. The molecule has 0 spiro atoms. The molecule has 0 fully saturated rings. The lowest BCUT2D eigenvalue weighted by molar-refractivity contribution is -0.121. The quantitative estimate of drug-likeness (QED) is 0.465. The summed E-state index contributed by atoms with van der Waals surface area (Å²) in [7, 11) is -3.67. The Balaban J connectivity index is 1.41. The number of carbonyl (C=O) groups excluding carboxylic acids is 1. The first kappa shape index (κ1) is 22.0. The van der Waals surface area contributed by atoms with Crippen LogP contribution >= 0.6 is 11.3 Å². The molecule has 2 N–H and O–H groups in total. The predicted molar refractivity (Wildman–Crippen MR) is 120 cm³/mol. The van der Waals surface area contributed by atoms with Crippen molar-refractivity contribution in [3.8, 4) is 0 Å². The van der Waals surface area contributed by atoms with Crippen LogP contribution in [-0.4, -0.2) is 25.9 Å². The van der Waals surface area contributed by atoms with Crippen LogP contribution in [0, 0.1) is 6.92 Å². The number of thiazole rings is 1. The molecule has 30 heavy (non-hydrogen) atoms. The number of aryl methyl sites for hydroxylation is 3. The van der Waals surface area contributed by atoms with Crippen molar-refractivity contribution in [2.75, 3.05) is 11.3 Å². The van der Waals surface area contributed by atoms with Gasteiger partial charge in [-0.2, -0.15) is 0 Å². The summed E-state index contributed by atoms with van der Waals surface area (Å²) in [5.74, 6) is -0.0298. The number of anilines is 1. The summed E-state index contributed by atoms with van der Waals surface area (Å²) in [5.41, 5.74) is 2.94. The van der Waals surface area contributed by atoms with E-state index in [0.29, 0.717) is 30.2 Å². The molecule has 1 heterocycles. The number of aromatic nitrogens is 1. The van der Waals surface area contributed by atoms with Crippen LogP contribution in [0.25, 0.3) is 0 Å². The number of hydrogen-bond donors (Lipinski definition) is 2. The monoisotopic (exact) mass is 443 g/mol. The first-order valence-corrected chi connectivity index (χ1v) is 12.1. The van der Waals surface area contributed by atoms with Crippen molar-refractivity contribution < 1.29 is 13.2 Å². The third-order valence-electron chi connectivity index (χ3n) is 4.52. The second-order valence-electron chi connectivity index (χ2n) is 7.00. The average molecular weight is 444 g/mol. The molecule has 0 bridgehead atoms. The molecule has 2 aromatic carbocycles. The van der Waals surface area contributed by atoms with Gasteiger partial charge in [0.1, 0.15) is 0 Å². The zero-order valence-electron chi connectivity index (χ0n) is 16.8. The van der Waals surface area contributed by atoms with Crippen LogP contribution < -0.4 is 10.0 Å². The zero-order valence-corrected chi connectivity index (χ0v) is 18.4. The average Bonchev–Trinajstić information content (AvgIpc) is 3.17. The molecule has 0 radical (unpaired) electrons. The maximum Gasteiger partial charge on any atom is 0.263 e. The maximum absolute atomic E-state index is 12.4. The standard InChI is InChI=1S/C22H25N3O3S2/c1-17-9-12-20(13-10-17)30(27,28)25-22-24-19(16-29-22)11-14-21(26)23-15-5-8-18-6-3-2-4-7-18/h2-4,6-7,9-10,12-13,16H,5,8,11,14-15H2,1H3,(H,23,26)(H,24,25). The zero-order chi connectivity index (χ0) is 21.4. The molecule has 0 unspecified atom stereocenters. The van der Waals surface area contributed by atoms with E-state index in [1.54, 1.807) is 29.6 Å². The van der Waals surface area contributed by atoms with Gasteiger partial charge in [0, 0.05) is 18.3 Å². The van der Waals surface area contributed by atoms with Gasteiger partial charge in [-0.15, -0.1) is 11.3 Å². The van der Waals surface area contributed by atoms with Crippen LogP contribution in [0.5, 0.6) is 0 Å². The Labute approximate surface area is 181 Å². The second-order valence-corrected chi connectivity index (χ2v) is 9.54. The van der Waals surface area contributed by atoms with Crippen LogP contribution in [0.3, 0.4) is 0 Å². The Hall–Kier alpha value is -2.71. The van der Waals surface area contributed by atoms with E-state index in [2.05, 4.69) is 27.2 Å². The Morgan fingerprint density at radius 1 is 1.03 bits per heavy atom. The minimum absolute atomic E-state index is 0.0298. The van der Waals surface area contributed by atoms with Gasteiger partial charge in [0.15, 0.2) is 5.13 Å². The summed E-state index contributed by atoms with van der Waals surface area (Å²) in [6.07, 6.45) is 2.60. The highest BCUT2D eigenvalue weighted by atomic mass is 32.2. The maximum atomic E-state index is 12.4. The molecule has 0 aliphatic heterocycles. The normalized spacial score (nSPS) is 11.2. The third-order valence-corrected chi connectivity index (χ3v) is 6.81. The van der Waals surface area contributed by atoms with E-state index >= 15 is 0 Å². The topological polar surface area (TPSA) is 88.2 Å². The summed E-state index contributed by atoms with van der Waals surface area (Å²) in [4.78, 5) is 16.5. The van der Waals surface area contributed by atoms with Gasteiger partial charge >= 0.3 is 0 Å². The molecule has 0 saturated carbocycles. The Morgan fingerprint density at radius 2 is 1.77 bits per heavy atom. The number of nitrogens with zero attached hydrogens (tertiary/aromatic N) is 1. The van der Waals surface area contributed by atoms with Gasteiger partial charge in [-0.3, -0.25) is 9.52 Å². The first-order chi connectivity index (χ1) is 14.4. The van der Waals surface area contributed by atoms with Crippen molar-refractivity contribution in [1.29, 1.82) is 0 Å². The number of nitrogens with one attached hydrogen (secondary N) is 2. The van der Waals surface area contributed by atoms with Crippen molar-refractivity contribution in [2.45, 2.75) is 37.5 Å². The third kappa shape index (κ3) is 6.67. The summed E-state index contributed by atoms with van der Waals surface area (Å²) in [6.45, 7) is 2.53. The smallest absolute Gasteiger partial charge is 0.263 e. The van der Waals surface area contributed by atoms with E-state index in [1.165, 1.54) is 16.9 Å². The van der Waals surface area contributed by atoms with Gasteiger partial charge in [-0.1, -0.05) is 48.0 Å². The molecule has 1 aromatic heterocycles. The van der Waals surface area contributed by atoms with Crippen LogP contribution in [0.15, 0.2) is 64.9 Å².